The standard InChI is InChI=1S/C10H14N4S2/c1-6(2)9-10(16-14-13-9)8(11)3-7-4-12-5-15-7/h4-6,8H,3,11H2,1-2H3. The molecular weight excluding hydrogens is 240 g/mol. The summed E-state index contributed by atoms with van der Waals surface area (Å²) in [6.07, 6.45) is 2.68. The summed E-state index contributed by atoms with van der Waals surface area (Å²) in [5.74, 6) is 0.376. The summed E-state index contributed by atoms with van der Waals surface area (Å²) < 4.78 is 3.99. The minimum atomic E-state index is -0.0159. The Hall–Kier alpha value is -0.850. The van der Waals surface area contributed by atoms with E-state index in [2.05, 4.69) is 28.4 Å². The van der Waals surface area contributed by atoms with E-state index >= 15 is 0 Å². The molecule has 0 spiro atoms. The van der Waals surface area contributed by atoms with Gasteiger partial charge in [-0.3, -0.25) is 4.98 Å². The third-order valence-corrected chi connectivity index (χ3v) is 4.00. The molecule has 2 rings (SSSR count). The molecule has 6 heteroatoms. The third kappa shape index (κ3) is 2.45. The Morgan fingerprint density at radius 2 is 2.25 bits per heavy atom. The smallest absolute Gasteiger partial charge is 0.0829 e. The molecule has 1 unspecified atom stereocenters. The van der Waals surface area contributed by atoms with Crippen LogP contribution in [0.25, 0.3) is 0 Å². The molecule has 16 heavy (non-hydrogen) atoms. The lowest BCUT2D eigenvalue weighted by atomic mass is 10.0. The fourth-order valence-corrected chi connectivity index (χ4v) is 2.97. The monoisotopic (exact) mass is 254 g/mol. The second-order valence-electron chi connectivity index (χ2n) is 3.96. The van der Waals surface area contributed by atoms with Crippen molar-refractivity contribution in [2.45, 2.75) is 32.2 Å². The first-order valence-corrected chi connectivity index (χ1v) is 6.79. The van der Waals surface area contributed by atoms with Crippen LogP contribution < -0.4 is 5.73 Å². The van der Waals surface area contributed by atoms with Crippen molar-refractivity contribution in [3.8, 4) is 0 Å². The minimum Gasteiger partial charge on any atom is -0.323 e. The van der Waals surface area contributed by atoms with Crippen LogP contribution in [0.3, 0.4) is 0 Å². The molecule has 0 bridgehead atoms. The van der Waals surface area contributed by atoms with Gasteiger partial charge in [0.1, 0.15) is 0 Å². The van der Waals surface area contributed by atoms with Crippen LogP contribution in [0.15, 0.2) is 11.7 Å². The van der Waals surface area contributed by atoms with Crippen LogP contribution in [-0.4, -0.2) is 14.6 Å². The molecule has 0 fully saturated rings. The fraction of sp³-hybridized carbons (Fsp3) is 0.500. The Labute approximate surface area is 103 Å². The van der Waals surface area contributed by atoms with Gasteiger partial charge < -0.3 is 5.73 Å². The van der Waals surface area contributed by atoms with Crippen molar-refractivity contribution in [1.29, 1.82) is 0 Å². The Morgan fingerprint density at radius 3 is 2.88 bits per heavy atom. The maximum absolute atomic E-state index is 6.18. The minimum absolute atomic E-state index is 0.0159. The number of thiazole rings is 1. The van der Waals surface area contributed by atoms with Gasteiger partial charge in [0.05, 0.1) is 16.1 Å². The lowest BCUT2D eigenvalue weighted by Gasteiger charge is -2.10. The normalized spacial score (nSPS) is 13.2. The van der Waals surface area contributed by atoms with Crippen molar-refractivity contribution in [2.24, 2.45) is 5.73 Å². The quantitative estimate of drug-likeness (QED) is 0.909. The van der Waals surface area contributed by atoms with Crippen molar-refractivity contribution in [3.05, 3.63) is 27.2 Å². The molecule has 0 aromatic carbocycles. The molecule has 0 saturated carbocycles. The van der Waals surface area contributed by atoms with Gasteiger partial charge in [-0.25, -0.2) is 0 Å². The Kier molecular flexibility index (Phi) is 3.63. The molecule has 1 atom stereocenters. The maximum Gasteiger partial charge on any atom is 0.0829 e. The zero-order valence-corrected chi connectivity index (χ0v) is 10.9. The fourth-order valence-electron chi connectivity index (χ4n) is 1.51. The molecular formula is C10H14N4S2. The van der Waals surface area contributed by atoms with Crippen LogP contribution in [0.1, 0.15) is 41.3 Å². The SMILES string of the molecule is CC(C)c1nnsc1C(N)Cc1cncs1. The van der Waals surface area contributed by atoms with E-state index in [9.17, 15) is 0 Å². The Morgan fingerprint density at radius 1 is 1.44 bits per heavy atom. The van der Waals surface area contributed by atoms with Gasteiger partial charge in [0, 0.05) is 23.5 Å². The summed E-state index contributed by atoms with van der Waals surface area (Å²) in [4.78, 5) is 6.35. The van der Waals surface area contributed by atoms with Gasteiger partial charge in [-0.05, 0) is 17.5 Å². The van der Waals surface area contributed by atoms with Gasteiger partial charge in [-0.2, -0.15) is 0 Å². The number of rotatable bonds is 4. The van der Waals surface area contributed by atoms with Crippen molar-refractivity contribution < 1.29 is 0 Å². The van der Waals surface area contributed by atoms with Gasteiger partial charge in [0.15, 0.2) is 0 Å². The molecule has 0 aliphatic carbocycles. The first-order valence-electron chi connectivity index (χ1n) is 5.13. The van der Waals surface area contributed by atoms with Crippen LogP contribution in [0, 0.1) is 0 Å². The largest absolute Gasteiger partial charge is 0.323 e. The topological polar surface area (TPSA) is 64.7 Å². The summed E-state index contributed by atoms with van der Waals surface area (Å²) in [6, 6.07) is -0.0159. The van der Waals surface area contributed by atoms with E-state index in [1.165, 1.54) is 16.4 Å². The van der Waals surface area contributed by atoms with Crippen molar-refractivity contribution in [3.63, 3.8) is 0 Å². The Bertz CT molecular complexity index is 435. The number of hydrogen-bond donors (Lipinski definition) is 1. The van der Waals surface area contributed by atoms with Gasteiger partial charge >= 0.3 is 0 Å². The second kappa shape index (κ2) is 4.99. The molecule has 2 aromatic rings. The van der Waals surface area contributed by atoms with E-state index in [-0.39, 0.29) is 6.04 Å². The molecule has 0 saturated heterocycles. The lowest BCUT2D eigenvalue weighted by molar-refractivity contribution is 0.705. The van der Waals surface area contributed by atoms with Crippen molar-refractivity contribution in [2.75, 3.05) is 0 Å². The molecule has 0 aliphatic rings. The van der Waals surface area contributed by atoms with Gasteiger partial charge in [0.25, 0.3) is 0 Å². The summed E-state index contributed by atoms with van der Waals surface area (Å²) in [7, 11) is 0. The zero-order chi connectivity index (χ0) is 11.5. The molecule has 2 aromatic heterocycles. The average Bonchev–Trinajstić information content (AvgIpc) is 2.86. The number of nitrogens with zero attached hydrogens (tertiary/aromatic N) is 3. The highest BCUT2D eigenvalue weighted by Gasteiger charge is 2.18. The Balaban J connectivity index is 2.14. The molecule has 4 nitrogen and oxygen atoms in total. The predicted octanol–water partition coefficient (Wildman–Crippen LogP) is 2.36. The first-order chi connectivity index (χ1) is 7.68. The number of hydrogen-bond acceptors (Lipinski definition) is 6. The van der Waals surface area contributed by atoms with Crippen LogP contribution in [0.4, 0.5) is 0 Å². The summed E-state index contributed by atoms with van der Waals surface area (Å²) in [5.41, 5.74) is 9.04. The van der Waals surface area contributed by atoms with E-state index < -0.39 is 0 Å². The van der Waals surface area contributed by atoms with E-state index in [1.54, 1.807) is 11.3 Å². The highest BCUT2D eigenvalue weighted by atomic mass is 32.1. The second-order valence-corrected chi connectivity index (χ2v) is 5.71. The van der Waals surface area contributed by atoms with Crippen molar-refractivity contribution >= 4 is 22.9 Å². The molecule has 0 amide bonds. The number of aromatic nitrogens is 3. The van der Waals surface area contributed by atoms with Gasteiger partial charge in [-0.1, -0.05) is 18.3 Å². The van der Waals surface area contributed by atoms with E-state index in [4.69, 9.17) is 5.73 Å². The van der Waals surface area contributed by atoms with E-state index in [1.807, 2.05) is 11.7 Å². The third-order valence-electron chi connectivity index (χ3n) is 2.33. The highest BCUT2D eigenvalue weighted by Crippen LogP contribution is 2.27. The first kappa shape index (κ1) is 11.6. The van der Waals surface area contributed by atoms with E-state index in [0.717, 1.165) is 17.0 Å². The molecule has 0 aliphatic heterocycles. The zero-order valence-electron chi connectivity index (χ0n) is 9.25. The number of nitrogens with two attached hydrogens (primary N) is 1. The van der Waals surface area contributed by atoms with Gasteiger partial charge in [-0.15, -0.1) is 16.4 Å². The molecule has 0 radical (unpaired) electrons. The lowest BCUT2D eigenvalue weighted by Crippen LogP contribution is -2.13. The van der Waals surface area contributed by atoms with Crippen LogP contribution in [0.5, 0.6) is 0 Å². The summed E-state index contributed by atoms with van der Waals surface area (Å²) in [6.45, 7) is 4.22. The van der Waals surface area contributed by atoms with Gasteiger partial charge in [0.2, 0.25) is 0 Å². The average molecular weight is 254 g/mol. The maximum atomic E-state index is 6.18. The highest BCUT2D eigenvalue weighted by molar-refractivity contribution is 7.09. The van der Waals surface area contributed by atoms with Crippen molar-refractivity contribution in [1.82, 2.24) is 14.6 Å². The molecule has 2 N–H and O–H groups in total. The van der Waals surface area contributed by atoms with E-state index in [0.29, 0.717) is 5.92 Å². The summed E-state index contributed by atoms with van der Waals surface area (Å²) >= 11 is 3.04. The summed E-state index contributed by atoms with van der Waals surface area (Å²) in [5, 5.41) is 4.14. The van der Waals surface area contributed by atoms with Crippen LogP contribution in [-0.2, 0) is 6.42 Å². The molecule has 2 heterocycles. The van der Waals surface area contributed by atoms with Crippen LogP contribution in [0.2, 0.25) is 0 Å². The molecule has 86 valence electrons. The predicted molar refractivity (Wildman–Crippen MR) is 66.7 cm³/mol. The van der Waals surface area contributed by atoms with Crippen LogP contribution >= 0.6 is 22.9 Å².